The Morgan fingerprint density at radius 2 is 2.00 bits per heavy atom. The standard InChI is InChI=1S/C14H10N2O2S/c1-8(17)11-7-10-14(19-11)16-12(13(18)15-10)9-5-3-2-4-6-9/h2-7H,1H3,(H,15,18). The van der Waals surface area contributed by atoms with Crippen molar-refractivity contribution in [1.29, 1.82) is 0 Å². The summed E-state index contributed by atoms with van der Waals surface area (Å²) in [6, 6.07) is 10.9. The van der Waals surface area contributed by atoms with E-state index in [2.05, 4.69) is 9.97 Å². The Balaban J connectivity index is 2.25. The zero-order valence-electron chi connectivity index (χ0n) is 10.1. The Labute approximate surface area is 112 Å². The van der Waals surface area contributed by atoms with Crippen LogP contribution in [0.4, 0.5) is 0 Å². The van der Waals surface area contributed by atoms with Gasteiger partial charge in [0.15, 0.2) is 5.78 Å². The minimum absolute atomic E-state index is 0.0230. The van der Waals surface area contributed by atoms with Gasteiger partial charge in [-0.3, -0.25) is 9.59 Å². The van der Waals surface area contributed by atoms with Gasteiger partial charge in [-0.1, -0.05) is 30.3 Å². The van der Waals surface area contributed by atoms with Gasteiger partial charge in [0.2, 0.25) is 0 Å². The van der Waals surface area contributed by atoms with E-state index < -0.39 is 0 Å². The van der Waals surface area contributed by atoms with Crippen molar-refractivity contribution in [2.75, 3.05) is 0 Å². The molecule has 3 aromatic rings. The quantitative estimate of drug-likeness (QED) is 0.728. The number of nitrogens with zero attached hydrogens (tertiary/aromatic N) is 1. The molecule has 3 rings (SSSR count). The average Bonchev–Trinajstić information content (AvgIpc) is 2.82. The zero-order chi connectivity index (χ0) is 13.4. The van der Waals surface area contributed by atoms with Crippen molar-refractivity contribution in [3.8, 4) is 11.3 Å². The van der Waals surface area contributed by atoms with Gasteiger partial charge in [-0.05, 0) is 13.0 Å². The highest BCUT2D eigenvalue weighted by Gasteiger charge is 2.11. The van der Waals surface area contributed by atoms with Crippen molar-refractivity contribution in [2.45, 2.75) is 6.92 Å². The second-order valence-corrected chi connectivity index (χ2v) is 5.20. The highest BCUT2D eigenvalue weighted by atomic mass is 32.1. The molecule has 0 aliphatic rings. The van der Waals surface area contributed by atoms with E-state index in [9.17, 15) is 9.59 Å². The first-order chi connectivity index (χ1) is 9.15. The van der Waals surface area contributed by atoms with Crippen molar-refractivity contribution >= 4 is 27.5 Å². The minimum atomic E-state index is -0.244. The van der Waals surface area contributed by atoms with Crippen molar-refractivity contribution in [2.24, 2.45) is 0 Å². The molecule has 1 aromatic carbocycles. The summed E-state index contributed by atoms with van der Waals surface area (Å²) in [5.74, 6) is -0.0230. The molecule has 0 unspecified atom stereocenters. The summed E-state index contributed by atoms with van der Waals surface area (Å²) in [7, 11) is 0. The second kappa shape index (κ2) is 4.44. The van der Waals surface area contributed by atoms with Crippen LogP contribution < -0.4 is 5.56 Å². The number of H-pyrrole nitrogens is 1. The predicted molar refractivity (Wildman–Crippen MR) is 75.7 cm³/mol. The van der Waals surface area contributed by atoms with Crippen molar-refractivity contribution in [1.82, 2.24) is 9.97 Å². The molecule has 0 spiro atoms. The second-order valence-electron chi connectivity index (χ2n) is 4.17. The van der Waals surface area contributed by atoms with E-state index in [0.29, 0.717) is 20.9 Å². The van der Waals surface area contributed by atoms with Gasteiger partial charge in [-0.2, -0.15) is 0 Å². The van der Waals surface area contributed by atoms with E-state index in [-0.39, 0.29) is 11.3 Å². The highest BCUT2D eigenvalue weighted by molar-refractivity contribution is 7.20. The van der Waals surface area contributed by atoms with Gasteiger partial charge in [0.1, 0.15) is 10.5 Å². The van der Waals surface area contributed by atoms with Crippen LogP contribution in [0.3, 0.4) is 0 Å². The first kappa shape index (κ1) is 11.8. The van der Waals surface area contributed by atoms with Crippen LogP contribution in [0.5, 0.6) is 0 Å². The number of nitrogens with one attached hydrogen (secondary N) is 1. The monoisotopic (exact) mass is 270 g/mol. The third-order valence-corrected chi connectivity index (χ3v) is 3.91. The van der Waals surface area contributed by atoms with Crippen molar-refractivity contribution < 1.29 is 4.79 Å². The summed E-state index contributed by atoms with van der Waals surface area (Å²) in [5, 5.41) is 0. The number of ketones is 1. The maximum atomic E-state index is 12.0. The van der Waals surface area contributed by atoms with E-state index in [1.807, 2.05) is 30.3 Å². The molecule has 0 saturated heterocycles. The Hall–Kier alpha value is -2.27. The van der Waals surface area contributed by atoms with E-state index in [1.165, 1.54) is 18.3 Å². The Morgan fingerprint density at radius 3 is 2.68 bits per heavy atom. The minimum Gasteiger partial charge on any atom is -0.318 e. The van der Waals surface area contributed by atoms with Gasteiger partial charge in [-0.25, -0.2) is 4.98 Å². The highest BCUT2D eigenvalue weighted by Crippen LogP contribution is 2.23. The maximum Gasteiger partial charge on any atom is 0.275 e. The predicted octanol–water partition coefficient (Wildman–Crippen LogP) is 2.85. The van der Waals surface area contributed by atoms with Crippen LogP contribution in [0.15, 0.2) is 41.2 Å². The Morgan fingerprint density at radius 1 is 1.26 bits per heavy atom. The average molecular weight is 270 g/mol. The molecular formula is C14H10N2O2S. The molecule has 19 heavy (non-hydrogen) atoms. The van der Waals surface area contributed by atoms with Crippen LogP contribution in [-0.4, -0.2) is 15.8 Å². The molecule has 0 atom stereocenters. The number of carbonyl (C=O) groups excluding carboxylic acids is 1. The summed E-state index contributed by atoms with van der Waals surface area (Å²) in [6.45, 7) is 1.50. The third kappa shape index (κ3) is 2.08. The van der Waals surface area contributed by atoms with Crippen LogP contribution in [-0.2, 0) is 0 Å². The van der Waals surface area contributed by atoms with Gasteiger partial charge in [0.25, 0.3) is 5.56 Å². The van der Waals surface area contributed by atoms with E-state index in [4.69, 9.17) is 0 Å². The van der Waals surface area contributed by atoms with Crippen LogP contribution in [0, 0.1) is 0 Å². The molecule has 0 bridgehead atoms. The number of rotatable bonds is 2. The van der Waals surface area contributed by atoms with E-state index >= 15 is 0 Å². The molecule has 4 nitrogen and oxygen atoms in total. The summed E-state index contributed by atoms with van der Waals surface area (Å²) < 4.78 is 0. The maximum absolute atomic E-state index is 12.0. The topological polar surface area (TPSA) is 62.8 Å². The largest absolute Gasteiger partial charge is 0.318 e. The SMILES string of the molecule is CC(=O)c1cc2[nH]c(=O)c(-c3ccccc3)nc2s1. The molecule has 0 aliphatic heterocycles. The van der Waals surface area contributed by atoms with Gasteiger partial charge in [-0.15, -0.1) is 11.3 Å². The normalized spacial score (nSPS) is 10.8. The number of fused-ring (bicyclic) bond motifs is 1. The lowest BCUT2D eigenvalue weighted by Gasteiger charge is -1.98. The van der Waals surface area contributed by atoms with Crippen LogP contribution in [0.2, 0.25) is 0 Å². The number of hydrogen-bond donors (Lipinski definition) is 1. The molecule has 0 aliphatic carbocycles. The number of thiophene rings is 1. The lowest BCUT2D eigenvalue weighted by molar-refractivity contribution is 0.102. The summed E-state index contributed by atoms with van der Waals surface area (Å²) in [4.78, 5) is 31.8. The van der Waals surface area contributed by atoms with Crippen LogP contribution in [0.1, 0.15) is 16.6 Å². The fourth-order valence-corrected chi connectivity index (χ4v) is 2.74. The van der Waals surface area contributed by atoms with Gasteiger partial charge < -0.3 is 4.98 Å². The smallest absolute Gasteiger partial charge is 0.275 e. The molecule has 0 radical (unpaired) electrons. The molecule has 2 aromatic heterocycles. The fourth-order valence-electron chi connectivity index (χ4n) is 1.85. The fraction of sp³-hybridized carbons (Fsp3) is 0.0714. The van der Waals surface area contributed by atoms with Crippen molar-refractivity contribution in [3.63, 3.8) is 0 Å². The van der Waals surface area contributed by atoms with Crippen LogP contribution in [0.25, 0.3) is 21.6 Å². The number of carbonyl (C=O) groups is 1. The van der Waals surface area contributed by atoms with E-state index in [1.54, 1.807) is 6.07 Å². The van der Waals surface area contributed by atoms with Crippen molar-refractivity contribution in [3.05, 3.63) is 51.6 Å². The van der Waals surface area contributed by atoms with Crippen LogP contribution >= 0.6 is 11.3 Å². The lowest BCUT2D eigenvalue weighted by Crippen LogP contribution is -2.10. The molecule has 0 amide bonds. The molecule has 0 fully saturated rings. The molecule has 94 valence electrons. The molecule has 1 N–H and O–H groups in total. The summed E-state index contributed by atoms with van der Waals surface area (Å²) in [6.07, 6.45) is 0. The number of Topliss-reactive ketones (excluding diaryl/α,β-unsaturated/α-hetero) is 1. The van der Waals surface area contributed by atoms with Gasteiger partial charge in [0, 0.05) is 5.56 Å². The van der Waals surface area contributed by atoms with Gasteiger partial charge >= 0.3 is 0 Å². The first-order valence-electron chi connectivity index (χ1n) is 5.75. The Bertz CT molecular complexity index is 818. The third-order valence-electron chi connectivity index (χ3n) is 2.78. The number of hydrogen-bond acceptors (Lipinski definition) is 4. The number of aromatic amines is 1. The Kier molecular flexibility index (Phi) is 2.76. The lowest BCUT2D eigenvalue weighted by atomic mass is 10.1. The van der Waals surface area contributed by atoms with E-state index in [0.717, 1.165) is 5.56 Å². The number of benzene rings is 1. The molecule has 2 heterocycles. The molecule has 0 saturated carbocycles. The van der Waals surface area contributed by atoms with Gasteiger partial charge in [0.05, 0.1) is 10.4 Å². The number of aromatic nitrogens is 2. The first-order valence-corrected chi connectivity index (χ1v) is 6.57. The summed E-state index contributed by atoms with van der Waals surface area (Å²) >= 11 is 1.29. The zero-order valence-corrected chi connectivity index (χ0v) is 11.0. The summed E-state index contributed by atoms with van der Waals surface area (Å²) in [5.41, 5.74) is 1.51. The molecule has 5 heteroatoms. The molecular weight excluding hydrogens is 260 g/mol.